The van der Waals surface area contributed by atoms with Crippen LogP contribution in [0.15, 0.2) is 0 Å². The predicted octanol–water partition coefficient (Wildman–Crippen LogP) is 1.04. The molecule has 0 saturated carbocycles. The maximum Gasteiger partial charge on any atom is 0.164 e. The number of ether oxygens (including phenoxy) is 4. The zero-order chi connectivity index (χ0) is 12.7. The van der Waals surface area contributed by atoms with Gasteiger partial charge in [-0.15, -0.1) is 0 Å². The standard InChI is InChI=1S/C12H22O5/c1-11(2,13)15-6-5-8-10-9(7-14-8)16-12(3,4)17-10/h8-10,13H,5-7H2,1-4H3. The monoisotopic (exact) mass is 246 g/mol. The summed E-state index contributed by atoms with van der Waals surface area (Å²) in [6, 6.07) is 0. The van der Waals surface area contributed by atoms with Crippen molar-refractivity contribution in [2.24, 2.45) is 0 Å². The molecule has 0 aromatic heterocycles. The Labute approximate surface area is 102 Å². The summed E-state index contributed by atoms with van der Waals surface area (Å²) in [6.07, 6.45) is 0.696. The zero-order valence-corrected chi connectivity index (χ0v) is 10.9. The fraction of sp³-hybridized carbons (Fsp3) is 1.00. The summed E-state index contributed by atoms with van der Waals surface area (Å²) in [5.41, 5.74) is 0. The Hall–Kier alpha value is -0.200. The van der Waals surface area contributed by atoms with E-state index in [9.17, 15) is 5.11 Å². The summed E-state index contributed by atoms with van der Waals surface area (Å²) in [5, 5.41) is 9.44. The van der Waals surface area contributed by atoms with Crippen LogP contribution in [0.25, 0.3) is 0 Å². The van der Waals surface area contributed by atoms with E-state index in [4.69, 9.17) is 18.9 Å². The second-order valence-electron chi connectivity index (χ2n) is 5.59. The van der Waals surface area contributed by atoms with E-state index in [2.05, 4.69) is 0 Å². The Morgan fingerprint density at radius 2 is 2.06 bits per heavy atom. The minimum Gasteiger partial charge on any atom is -0.373 e. The fourth-order valence-corrected chi connectivity index (χ4v) is 2.29. The van der Waals surface area contributed by atoms with Gasteiger partial charge in [-0.3, -0.25) is 0 Å². The van der Waals surface area contributed by atoms with Crippen molar-refractivity contribution in [1.82, 2.24) is 0 Å². The number of fused-ring (bicyclic) bond motifs is 1. The van der Waals surface area contributed by atoms with Crippen LogP contribution in [0.3, 0.4) is 0 Å². The third-order valence-corrected chi connectivity index (χ3v) is 2.92. The topological polar surface area (TPSA) is 57.2 Å². The molecule has 2 heterocycles. The molecule has 5 heteroatoms. The minimum atomic E-state index is -1.09. The Morgan fingerprint density at radius 1 is 1.35 bits per heavy atom. The van der Waals surface area contributed by atoms with Crippen LogP contribution in [0.4, 0.5) is 0 Å². The summed E-state index contributed by atoms with van der Waals surface area (Å²) in [6.45, 7) is 8.07. The molecule has 2 rings (SSSR count). The highest BCUT2D eigenvalue weighted by Gasteiger charge is 2.49. The molecule has 0 spiro atoms. The van der Waals surface area contributed by atoms with E-state index in [1.807, 2.05) is 13.8 Å². The van der Waals surface area contributed by atoms with Crippen molar-refractivity contribution in [2.45, 2.75) is 64.0 Å². The zero-order valence-electron chi connectivity index (χ0n) is 10.9. The first kappa shape index (κ1) is 13.2. The van der Waals surface area contributed by atoms with Crippen molar-refractivity contribution in [3.05, 3.63) is 0 Å². The molecule has 100 valence electrons. The van der Waals surface area contributed by atoms with Gasteiger partial charge in [0, 0.05) is 0 Å². The highest BCUT2D eigenvalue weighted by atomic mass is 16.8. The smallest absolute Gasteiger partial charge is 0.164 e. The molecule has 2 aliphatic heterocycles. The Bertz CT molecular complexity index is 271. The number of hydrogen-bond donors (Lipinski definition) is 1. The molecule has 0 radical (unpaired) electrons. The van der Waals surface area contributed by atoms with E-state index in [-0.39, 0.29) is 18.3 Å². The van der Waals surface area contributed by atoms with Crippen molar-refractivity contribution < 1.29 is 24.1 Å². The van der Waals surface area contributed by atoms with E-state index >= 15 is 0 Å². The molecule has 5 nitrogen and oxygen atoms in total. The average molecular weight is 246 g/mol. The number of hydrogen-bond acceptors (Lipinski definition) is 5. The van der Waals surface area contributed by atoms with Crippen LogP contribution in [-0.2, 0) is 18.9 Å². The average Bonchev–Trinajstić information content (AvgIpc) is 2.60. The fourth-order valence-electron chi connectivity index (χ4n) is 2.29. The van der Waals surface area contributed by atoms with Crippen molar-refractivity contribution in [3.8, 4) is 0 Å². The summed E-state index contributed by atoms with van der Waals surface area (Å²) in [7, 11) is 0. The molecule has 2 aliphatic rings. The van der Waals surface area contributed by atoms with Gasteiger partial charge in [0.1, 0.15) is 12.2 Å². The van der Waals surface area contributed by atoms with Crippen LogP contribution in [-0.4, -0.2) is 48.2 Å². The molecular formula is C12H22O5. The van der Waals surface area contributed by atoms with Crippen molar-refractivity contribution in [3.63, 3.8) is 0 Å². The molecule has 0 bridgehead atoms. The van der Waals surface area contributed by atoms with Crippen LogP contribution in [0.1, 0.15) is 34.1 Å². The van der Waals surface area contributed by atoms with Gasteiger partial charge in [-0.05, 0) is 34.1 Å². The quantitative estimate of drug-likeness (QED) is 0.751. The summed E-state index contributed by atoms with van der Waals surface area (Å²) < 4.78 is 22.4. The van der Waals surface area contributed by atoms with Crippen molar-refractivity contribution in [2.75, 3.05) is 13.2 Å². The lowest BCUT2D eigenvalue weighted by Gasteiger charge is -2.23. The molecule has 1 N–H and O–H groups in total. The third kappa shape index (κ3) is 3.39. The Morgan fingerprint density at radius 3 is 2.71 bits per heavy atom. The van der Waals surface area contributed by atoms with Crippen LogP contribution >= 0.6 is 0 Å². The maximum absolute atomic E-state index is 9.44. The van der Waals surface area contributed by atoms with Gasteiger partial charge >= 0.3 is 0 Å². The van der Waals surface area contributed by atoms with E-state index in [0.717, 1.165) is 0 Å². The molecule has 3 atom stereocenters. The molecular weight excluding hydrogens is 224 g/mol. The first-order valence-electron chi connectivity index (χ1n) is 6.10. The molecule has 17 heavy (non-hydrogen) atoms. The van der Waals surface area contributed by atoms with Crippen molar-refractivity contribution >= 4 is 0 Å². The first-order chi connectivity index (χ1) is 7.77. The molecule has 0 aromatic rings. The lowest BCUT2D eigenvalue weighted by atomic mass is 10.1. The first-order valence-corrected chi connectivity index (χ1v) is 6.10. The van der Waals surface area contributed by atoms with Crippen LogP contribution in [0.2, 0.25) is 0 Å². The van der Waals surface area contributed by atoms with Crippen molar-refractivity contribution in [1.29, 1.82) is 0 Å². The lowest BCUT2D eigenvalue weighted by molar-refractivity contribution is -0.192. The SMILES string of the molecule is CC(C)(O)OCCC1OCC2OC(C)(C)OC12. The van der Waals surface area contributed by atoms with Crippen LogP contribution in [0, 0.1) is 0 Å². The van der Waals surface area contributed by atoms with Gasteiger partial charge in [-0.25, -0.2) is 0 Å². The van der Waals surface area contributed by atoms with Gasteiger partial charge in [0.05, 0.1) is 19.3 Å². The second-order valence-corrected chi connectivity index (χ2v) is 5.59. The van der Waals surface area contributed by atoms with Gasteiger partial charge in [0.2, 0.25) is 0 Å². The second kappa shape index (κ2) is 4.48. The summed E-state index contributed by atoms with van der Waals surface area (Å²) >= 11 is 0. The number of aliphatic hydroxyl groups is 1. The molecule has 0 amide bonds. The van der Waals surface area contributed by atoms with Crippen LogP contribution < -0.4 is 0 Å². The lowest BCUT2D eigenvalue weighted by Crippen LogP contribution is -2.32. The third-order valence-electron chi connectivity index (χ3n) is 2.92. The van der Waals surface area contributed by atoms with Gasteiger partial charge in [0.25, 0.3) is 0 Å². The summed E-state index contributed by atoms with van der Waals surface area (Å²) in [4.78, 5) is 0. The van der Waals surface area contributed by atoms with Gasteiger partial charge in [-0.2, -0.15) is 0 Å². The highest BCUT2D eigenvalue weighted by molar-refractivity contribution is 4.92. The molecule has 2 saturated heterocycles. The Kier molecular flexibility index (Phi) is 3.49. The van der Waals surface area contributed by atoms with E-state index < -0.39 is 11.6 Å². The summed E-state index contributed by atoms with van der Waals surface area (Å²) in [5.74, 6) is -1.61. The predicted molar refractivity (Wildman–Crippen MR) is 60.4 cm³/mol. The molecule has 3 unspecified atom stereocenters. The normalized spacial score (nSPS) is 36.2. The van der Waals surface area contributed by atoms with Gasteiger partial charge < -0.3 is 24.1 Å². The Balaban J connectivity index is 1.80. The molecule has 0 aliphatic carbocycles. The van der Waals surface area contributed by atoms with E-state index in [0.29, 0.717) is 19.6 Å². The highest BCUT2D eigenvalue weighted by Crippen LogP contribution is 2.36. The largest absolute Gasteiger partial charge is 0.373 e. The van der Waals surface area contributed by atoms with Gasteiger partial charge in [0.15, 0.2) is 11.6 Å². The van der Waals surface area contributed by atoms with Gasteiger partial charge in [-0.1, -0.05) is 0 Å². The minimum absolute atomic E-state index is 0.0101. The van der Waals surface area contributed by atoms with E-state index in [1.165, 1.54) is 0 Å². The number of rotatable bonds is 4. The molecule has 0 aromatic carbocycles. The van der Waals surface area contributed by atoms with Crippen LogP contribution in [0.5, 0.6) is 0 Å². The maximum atomic E-state index is 9.44. The molecule has 2 fully saturated rings. The van der Waals surface area contributed by atoms with E-state index in [1.54, 1.807) is 13.8 Å².